The van der Waals surface area contributed by atoms with Gasteiger partial charge in [-0.15, -0.1) is 0 Å². The number of carbonyl (C=O) groups is 4. The molecule has 0 radical (unpaired) electrons. The van der Waals surface area contributed by atoms with E-state index in [4.69, 9.17) is 9.84 Å². The molecule has 6 heterocycles. The molecule has 4 N–H and O–H groups in total. The number of anilines is 4. The average molecular weight is 921 g/mol. The second-order valence-corrected chi connectivity index (χ2v) is 16.4. The maximum atomic E-state index is 12.7. The minimum absolute atomic E-state index is 0. The molecule has 0 spiro atoms. The van der Waals surface area contributed by atoms with Crippen LogP contribution in [0.25, 0.3) is 22.5 Å². The summed E-state index contributed by atoms with van der Waals surface area (Å²) in [5, 5.41) is 34.2. The minimum atomic E-state index is -0.753. The molecule has 20 heteroatoms. The number of nitrogens with one attached hydrogen (secondary N) is 2. The van der Waals surface area contributed by atoms with E-state index in [2.05, 4.69) is 47.6 Å². The molecule has 2 fully saturated rings. The quantitative estimate of drug-likeness (QED) is 0.129. The number of aliphatic carboxylic acids is 1. The van der Waals surface area contributed by atoms with Gasteiger partial charge in [0.2, 0.25) is 0 Å². The number of pyridine rings is 2. The van der Waals surface area contributed by atoms with E-state index in [0.29, 0.717) is 100 Å². The number of thiazole rings is 2. The van der Waals surface area contributed by atoms with Crippen molar-refractivity contribution < 1.29 is 64.1 Å². The number of hydrogen-bond donors (Lipinski definition) is 3. The van der Waals surface area contributed by atoms with Gasteiger partial charge in [-0.2, -0.15) is 10.5 Å². The van der Waals surface area contributed by atoms with Crippen molar-refractivity contribution in [3.8, 4) is 34.7 Å². The van der Waals surface area contributed by atoms with Gasteiger partial charge in [0.1, 0.15) is 44.9 Å². The van der Waals surface area contributed by atoms with Crippen LogP contribution in [0.3, 0.4) is 0 Å². The van der Waals surface area contributed by atoms with Gasteiger partial charge in [-0.3, -0.25) is 29.8 Å². The second kappa shape index (κ2) is 23.4. The number of nitriles is 2. The van der Waals surface area contributed by atoms with E-state index in [9.17, 15) is 29.7 Å². The van der Waals surface area contributed by atoms with Gasteiger partial charge in [0, 0.05) is 49.7 Å². The van der Waals surface area contributed by atoms with E-state index in [1.807, 2.05) is 65.6 Å². The van der Waals surface area contributed by atoms with Gasteiger partial charge in [0.05, 0.1) is 30.1 Å². The van der Waals surface area contributed by atoms with Crippen LogP contribution < -0.4 is 50.0 Å². The molecule has 2 aliphatic heterocycles. The molecule has 8 rings (SSSR count). The largest absolute Gasteiger partial charge is 1.00 e. The summed E-state index contributed by atoms with van der Waals surface area (Å²) in [7, 11) is 1.41. The molecule has 2 saturated heterocycles. The van der Waals surface area contributed by atoms with Gasteiger partial charge in [-0.1, -0.05) is 83.3 Å². The molecule has 6 aromatic rings. The van der Waals surface area contributed by atoms with Crippen LogP contribution in [0.4, 0.5) is 21.9 Å². The predicted octanol–water partition coefficient (Wildman–Crippen LogP) is 4.18. The maximum Gasteiger partial charge on any atom is 1.00 e. The van der Waals surface area contributed by atoms with Crippen LogP contribution in [-0.4, -0.2) is 87.6 Å². The Labute approximate surface area is 404 Å². The zero-order valence-electron chi connectivity index (χ0n) is 35.4. The van der Waals surface area contributed by atoms with Gasteiger partial charge in [0.25, 0.3) is 11.8 Å². The summed E-state index contributed by atoms with van der Waals surface area (Å²) in [6.45, 7) is 2.65. The Morgan fingerprint density at radius 2 is 1.06 bits per heavy atom. The van der Waals surface area contributed by atoms with Gasteiger partial charge in [-0.05, 0) is 49.9 Å². The summed E-state index contributed by atoms with van der Waals surface area (Å²) in [5.41, 5.74) is 3.50. The van der Waals surface area contributed by atoms with Crippen molar-refractivity contribution in [1.29, 1.82) is 10.5 Å². The number of amides is 2. The summed E-state index contributed by atoms with van der Waals surface area (Å²) in [6.07, 6.45) is 5.60. The molecule has 65 heavy (non-hydrogen) atoms. The monoisotopic (exact) mass is 920 g/mol. The van der Waals surface area contributed by atoms with Crippen LogP contribution in [0.15, 0.2) is 97.3 Å². The van der Waals surface area contributed by atoms with E-state index >= 15 is 0 Å². The Morgan fingerprint density at radius 1 is 0.662 bits per heavy atom. The molecule has 2 amide bonds. The third kappa shape index (κ3) is 12.4. The van der Waals surface area contributed by atoms with Gasteiger partial charge in [-0.25, -0.2) is 19.9 Å². The normalized spacial score (nSPS) is 13.6. The number of carboxylic acids is 1. The van der Waals surface area contributed by atoms with E-state index < -0.39 is 5.97 Å². The van der Waals surface area contributed by atoms with Crippen molar-refractivity contribution >= 4 is 68.3 Å². The van der Waals surface area contributed by atoms with Crippen LogP contribution in [0.2, 0.25) is 0 Å². The fourth-order valence-corrected chi connectivity index (χ4v) is 8.66. The number of carbonyl (C=O) groups excluding carboxylic acids is 3. The first-order valence-electron chi connectivity index (χ1n) is 19.9. The number of carboxylic acid groups (broad SMARTS) is 1. The minimum Gasteiger partial charge on any atom is -0.870 e. The molecule has 4 aromatic heterocycles. The van der Waals surface area contributed by atoms with Crippen molar-refractivity contribution in [1.82, 2.24) is 19.9 Å². The first-order chi connectivity index (χ1) is 30.6. The third-order valence-corrected chi connectivity index (χ3v) is 12.3. The first-order valence-corrected chi connectivity index (χ1v) is 21.5. The molecule has 2 aromatic carbocycles. The average Bonchev–Trinajstić information content (AvgIpc) is 3.96. The van der Waals surface area contributed by atoms with Crippen molar-refractivity contribution in [2.45, 2.75) is 25.7 Å². The molecule has 326 valence electrons. The molecule has 0 unspecified atom stereocenters. The second-order valence-electron chi connectivity index (χ2n) is 14.5. The standard InChI is InChI=1S/C23H21N5O3S.C22H19N5O3S.Na.H2O/c1-31-22(30)16-9-11-28(12-10-16)19-8-7-17(14-25-19)21(29)27-23-26-20(18(13-24)32-23)15-5-3-2-4-6-15;23-12-17-19(14-4-2-1-3-5-14)25-22(31-17)26-20(28)16-6-7-18(24-13-16)27-10-8-15(9-11-27)21(29)30;;/h2-8,14,16H,9-12H2,1H3,(H,26,27,29);1-7,13,15H,8-11H2,(H,29,30)(H,25,26,28);;1H2/q;;+1;/p-1. The SMILES string of the molecule is COC(=O)C1CCN(c2ccc(C(=O)Nc3nc(-c4ccccc4)c(C#N)s3)cn2)CC1.N#Cc1sc(NC(=O)c2ccc(N3CCC(C(=O)O)CC3)nc2)nc1-c1ccccc1.[Na+].[OH-]. The van der Waals surface area contributed by atoms with Crippen LogP contribution >= 0.6 is 22.7 Å². The number of aromatic nitrogens is 4. The molecule has 0 aliphatic carbocycles. The number of piperidine rings is 2. The smallest absolute Gasteiger partial charge is 0.870 e. The molecular weight excluding hydrogens is 880 g/mol. The van der Waals surface area contributed by atoms with E-state index in [1.165, 1.54) is 19.5 Å². The maximum absolute atomic E-state index is 12.7. The number of rotatable bonds is 10. The molecule has 0 saturated carbocycles. The summed E-state index contributed by atoms with van der Waals surface area (Å²) in [5.74, 6) is -0.520. The van der Waals surface area contributed by atoms with Crippen LogP contribution in [0, 0.1) is 34.5 Å². The van der Waals surface area contributed by atoms with E-state index in [1.54, 1.807) is 24.3 Å². The molecule has 0 atom stereocenters. The van der Waals surface area contributed by atoms with Gasteiger partial charge < -0.3 is 25.1 Å². The Morgan fingerprint density at radius 3 is 1.40 bits per heavy atom. The molecule has 2 aliphatic rings. The van der Waals surface area contributed by atoms with E-state index in [0.717, 1.165) is 39.6 Å². The Kier molecular flexibility index (Phi) is 17.8. The number of benzene rings is 2. The number of hydrogen-bond acceptors (Lipinski definition) is 16. The number of methoxy groups -OCH3 is 1. The van der Waals surface area contributed by atoms with Crippen molar-refractivity contribution in [3.05, 3.63) is 118 Å². The van der Waals surface area contributed by atoms with Crippen LogP contribution in [0.5, 0.6) is 0 Å². The van der Waals surface area contributed by atoms with Gasteiger partial charge >= 0.3 is 41.5 Å². The fourth-order valence-electron chi connectivity index (χ4n) is 7.10. The first kappa shape index (κ1) is 49.4. The van der Waals surface area contributed by atoms with Crippen molar-refractivity contribution in [3.63, 3.8) is 0 Å². The summed E-state index contributed by atoms with van der Waals surface area (Å²) in [4.78, 5) is 70.7. The summed E-state index contributed by atoms with van der Waals surface area (Å²) in [6, 6.07) is 29.9. The predicted molar refractivity (Wildman–Crippen MR) is 240 cm³/mol. The number of nitrogens with zero attached hydrogens (tertiary/aromatic N) is 8. The molecular formula is C45H41N10NaO7S2. The molecule has 0 bridgehead atoms. The molecule has 17 nitrogen and oxygen atoms in total. The summed E-state index contributed by atoms with van der Waals surface area (Å²) < 4.78 is 4.82. The van der Waals surface area contributed by atoms with Gasteiger partial charge in [0.15, 0.2) is 10.3 Å². The summed E-state index contributed by atoms with van der Waals surface area (Å²) >= 11 is 2.26. The van der Waals surface area contributed by atoms with Crippen molar-refractivity contribution in [2.75, 3.05) is 53.7 Å². The Hall–Kier alpha value is -6.58. The van der Waals surface area contributed by atoms with Crippen LogP contribution in [-0.2, 0) is 14.3 Å². The van der Waals surface area contributed by atoms with Crippen LogP contribution in [0.1, 0.15) is 56.2 Å². The number of ether oxygens (including phenoxy) is 1. The topological polar surface area (TPSA) is 257 Å². The van der Waals surface area contributed by atoms with Crippen molar-refractivity contribution in [2.24, 2.45) is 11.8 Å². The van der Waals surface area contributed by atoms with E-state index in [-0.39, 0.29) is 64.7 Å². The zero-order chi connectivity index (χ0) is 44.3. The Bertz CT molecular complexity index is 2660. The Balaban J connectivity index is 0.000000237. The fraction of sp³-hybridized carbons (Fsp3) is 0.244. The number of esters is 1. The third-order valence-electron chi connectivity index (χ3n) is 10.5. The zero-order valence-corrected chi connectivity index (χ0v) is 39.0.